The van der Waals surface area contributed by atoms with E-state index in [0.717, 1.165) is 35.9 Å². The summed E-state index contributed by atoms with van der Waals surface area (Å²) in [6, 6.07) is 9.21. The van der Waals surface area contributed by atoms with E-state index in [-0.39, 0.29) is 17.9 Å². The molecule has 1 aliphatic carbocycles. The van der Waals surface area contributed by atoms with Gasteiger partial charge in [0.2, 0.25) is 5.91 Å². The second-order valence-corrected chi connectivity index (χ2v) is 10.6. The van der Waals surface area contributed by atoms with Crippen LogP contribution in [0.2, 0.25) is 5.02 Å². The molecule has 2 aromatic heterocycles. The third kappa shape index (κ3) is 3.81. The van der Waals surface area contributed by atoms with Crippen molar-refractivity contribution in [2.45, 2.75) is 63.6 Å². The highest BCUT2D eigenvalue weighted by molar-refractivity contribution is 7.17. The zero-order chi connectivity index (χ0) is 23.2. The van der Waals surface area contributed by atoms with Gasteiger partial charge in [0.25, 0.3) is 5.91 Å². The van der Waals surface area contributed by atoms with Crippen molar-refractivity contribution in [1.29, 1.82) is 0 Å². The first-order chi connectivity index (χ1) is 15.9. The predicted molar refractivity (Wildman–Crippen MR) is 133 cm³/mol. The van der Waals surface area contributed by atoms with Crippen LogP contribution in [0.4, 0.5) is 5.69 Å². The second-order valence-electron chi connectivity index (χ2n) is 9.18. The number of anilines is 1. The molecule has 5 rings (SSSR count). The van der Waals surface area contributed by atoms with Crippen LogP contribution in [-0.4, -0.2) is 35.1 Å². The van der Waals surface area contributed by atoms with Crippen molar-refractivity contribution in [2.75, 3.05) is 12.0 Å². The zero-order valence-electron chi connectivity index (χ0n) is 18.9. The van der Waals surface area contributed by atoms with Gasteiger partial charge in [0, 0.05) is 11.1 Å². The van der Waals surface area contributed by atoms with Crippen molar-refractivity contribution in [2.24, 2.45) is 0 Å². The average molecular weight is 486 g/mol. The largest absolute Gasteiger partial charge is 0.495 e. The molecule has 8 heteroatoms. The first kappa shape index (κ1) is 22.3. The molecule has 0 radical (unpaired) electrons. The van der Waals surface area contributed by atoms with E-state index >= 15 is 0 Å². The van der Waals surface area contributed by atoms with Crippen LogP contribution < -0.4 is 15.0 Å². The molecule has 1 saturated carbocycles. The lowest BCUT2D eigenvalue weighted by molar-refractivity contribution is -0.127. The molecular weight excluding hydrogens is 458 g/mol. The molecule has 1 aliphatic heterocycles. The highest BCUT2D eigenvalue weighted by Gasteiger charge is 2.50. The fourth-order valence-corrected chi connectivity index (χ4v) is 6.18. The van der Waals surface area contributed by atoms with E-state index in [1.54, 1.807) is 41.5 Å². The Kier molecular flexibility index (Phi) is 5.87. The molecule has 2 aliphatic rings. The monoisotopic (exact) mass is 485 g/mol. The Bertz CT molecular complexity index is 1210. The molecule has 174 valence electrons. The van der Waals surface area contributed by atoms with Gasteiger partial charge in [0.15, 0.2) is 0 Å². The Balaban J connectivity index is 1.62. The number of hydrogen-bond donors (Lipinski definition) is 1. The molecule has 0 saturated heterocycles. The number of thiophene rings is 1. The molecule has 0 bridgehead atoms. The maximum Gasteiger partial charge on any atom is 0.276 e. The lowest BCUT2D eigenvalue weighted by Gasteiger charge is -2.44. The topological polar surface area (TPSA) is 63.6 Å². The third-order valence-corrected chi connectivity index (χ3v) is 8.05. The molecule has 3 aromatic rings. The summed E-state index contributed by atoms with van der Waals surface area (Å²) >= 11 is 7.93. The lowest BCUT2D eigenvalue weighted by atomic mass is 9.92. The summed E-state index contributed by atoms with van der Waals surface area (Å²) in [5.41, 5.74) is 0.903. The standard InChI is InChI=1S/C25H28ClN3O3S/c1-25(24(31)27-17-7-5-3-4-6-8-17)15-28-18-11-12-33-22(18)14-20(28)23(30)29(25)19-13-16(26)9-10-21(19)32-2/h9-14,17H,3-8,15H2,1-2H3,(H,27,31). The lowest BCUT2D eigenvalue weighted by Crippen LogP contribution is -2.65. The molecule has 6 nitrogen and oxygen atoms in total. The van der Waals surface area contributed by atoms with Crippen molar-refractivity contribution >= 4 is 50.7 Å². The first-order valence-electron chi connectivity index (χ1n) is 11.5. The van der Waals surface area contributed by atoms with E-state index in [2.05, 4.69) is 5.32 Å². The summed E-state index contributed by atoms with van der Waals surface area (Å²) in [4.78, 5) is 29.5. The summed E-state index contributed by atoms with van der Waals surface area (Å²) in [6.07, 6.45) is 6.58. The number of nitrogens with zero attached hydrogens (tertiary/aromatic N) is 2. The van der Waals surface area contributed by atoms with Gasteiger partial charge in [-0.1, -0.05) is 37.3 Å². The number of halogens is 1. The zero-order valence-corrected chi connectivity index (χ0v) is 20.5. The summed E-state index contributed by atoms with van der Waals surface area (Å²) in [5, 5.41) is 5.78. The number of nitrogens with one attached hydrogen (secondary N) is 1. The number of methoxy groups -OCH3 is 1. The number of ether oxygens (including phenoxy) is 1. The van der Waals surface area contributed by atoms with Crippen LogP contribution in [0.3, 0.4) is 0 Å². The third-order valence-electron chi connectivity index (χ3n) is 6.97. The minimum absolute atomic E-state index is 0.127. The average Bonchev–Trinajstić information content (AvgIpc) is 3.28. The molecule has 1 aromatic carbocycles. The van der Waals surface area contributed by atoms with Crippen molar-refractivity contribution < 1.29 is 14.3 Å². The SMILES string of the molecule is COc1ccc(Cl)cc1N1C(=O)c2cc3sccc3n2CC1(C)C(=O)NC1CCCCCC1. The summed E-state index contributed by atoms with van der Waals surface area (Å²) in [5.74, 6) is 0.124. The highest BCUT2D eigenvalue weighted by atomic mass is 35.5. The molecule has 1 atom stereocenters. The number of carbonyl (C=O) groups excluding carboxylic acids is 2. The maximum atomic E-state index is 14.0. The van der Waals surface area contributed by atoms with Crippen LogP contribution in [-0.2, 0) is 11.3 Å². The molecule has 1 fully saturated rings. The summed E-state index contributed by atoms with van der Waals surface area (Å²) in [7, 11) is 1.56. The first-order valence-corrected chi connectivity index (χ1v) is 12.7. The van der Waals surface area contributed by atoms with Gasteiger partial charge in [-0.3, -0.25) is 14.5 Å². The van der Waals surface area contributed by atoms with Crippen LogP contribution in [0.1, 0.15) is 55.9 Å². The van der Waals surface area contributed by atoms with E-state index in [9.17, 15) is 9.59 Å². The molecule has 2 amide bonds. The van der Waals surface area contributed by atoms with Crippen molar-refractivity contribution in [3.63, 3.8) is 0 Å². The van der Waals surface area contributed by atoms with Gasteiger partial charge in [-0.25, -0.2) is 0 Å². The number of aromatic nitrogens is 1. The number of fused-ring (bicyclic) bond motifs is 3. The number of benzene rings is 1. The summed E-state index contributed by atoms with van der Waals surface area (Å²) in [6.45, 7) is 2.20. The number of amides is 2. The van der Waals surface area contributed by atoms with Gasteiger partial charge in [-0.05, 0) is 55.5 Å². The van der Waals surface area contributed by atoms with Gasteiger partial charge < -0.3 is 14.6 Å². The van der Waals surface area contributed by atoms with Gasteiger partial charge >= 0.3 is 0 Å². The van der Waals surface area contributed by atoms with Gasteiger partial charge in [-0.15, -0.1) is 11.3 Å². The Morgan fingerprint density at radius 3 is 2.67 bits per heavy atom. The Labute approximate surface area is 202 Å². The molecule has 1 unspecified atom stereocenters. The highest BCUT2D eigenvalue weighted by Crippen LogP contribution is 2.41. The Hall–Kier alpha value is -2.51. The van der Waals surface area contributed by atoms with E-state index in [4.69, 9.17) is 16.3 Å². The van der Waals surface area contributed by atoms with Crippen LogP contribution in [0.5, 0.6) is 5.75 Å². The van der Waals surface area contributed by atoms with Crippen molar-refractivity contribution in [1.82, 2.24) is 9.88 Å². The van der Waals surface area contributed by atoms with E-state index in [0.29, 0.717) is 28.7 Å². The van der Waals surface area contributed by atoms with Crippen LogP contribution in [0, 0.1) is 0 Å². The molecule has 1 N–H and O–H groups in total. The fraction of sp³-hybridized carbons (Fsp3) is 0.440. The van der Waals surface area contributed by atoms with Gasteiger partial charge in [-0.2, -0.15) is 0 Å². The minimum Gasteiger partial charge on any atom is -0.495 e. The van der Waals surface area contributed by atoms with E-state index in [1.807, 2.05) is 29.0 Å². The molecular formula is C25H28ClN3O3S. The van der Waals surface area contributed by atoms with Gasteiger partial charge in [0.1, 0.15) is 17.0 Å². The minimum atomic E-state index is -1.15. The normalized spacial score (nSPS) is 21.7. The predicted octanol–water partition coefficient (Wildman–Crippen LogP) is 5.62. The van der Waals surface area contributed by atoms with E-state index < -0.39 is 5.54 Å². The quantitative estimate of drug-likeness (QED) is 0.487. The summed E-state index contributed by atoms with van der Waals surface area (Å²) < 4.78 is 8.60. The maximum absolute atomic E-state index is 14.0. The van der Waals surface area contributed by atoms with E-state index in [1.165, 1.54) is 12.8 Å². The Morgan fingerprint density at radius 2 is 1.94 bits per heavy atom. The molecule has 3 heterocycles. The number of rotatable bonds is 4. The fourth-order valence-electron chi connectivity index (χ4n) is 5.19. The number of carbonyl (C=O) groups is 2. The molecule has 33 heavy (non-hydrogen) atoms. The van der Waals surface area contributed by atoms with Crippen LogP contribution >= 0.6 is 22.9 Å². The van der Waals surface area contributed by atoms with Crippen LogP contribution in [0.15, 0.2) is 35.7 Å². The van der Waals surface area contributed by atoms with Gasteiger partial charge in [0.05, 0.1) is 29.6 Å². The second kappa shape index (κ2) is 8.69. The van der Waals surface area contributed by atoms with Crippen molar-refractivity contribution in [3.8, 4) is 5.75 Å². The smallest absolute Gasteiger partial charge is 0.276 e. The Morgan fingerprint density at radius 1 is 1.18 bits per heavy atom. The molecule has 0 spiro atoms. The van der Waals surface area contributed by atoms with Crippen molar-refractivity contribution in [3.05, 3.63) is 46.4 Å². The number of hydrogen-bond acceptors (Lipinski definition) is 4. The van der Waals surface area contributed by atoms with Crippen LogP contribution in [0.25, 0.3) is 10.2 Å².